The van der Waals surface area contributed by atoms with Gasteiger partial charge in [0.2, 0.25) is 5.91 Å². The molecule has 1 aliphatic heterocycles. The van der Waals surface area contributed by atoms with Gasteiger partial charge >= 0.3 is 0 Å². The fourth-order valence-corrected chi connectivity index (χ4v) is 5.44. The van der Waals surface area contributed by atoms with Crippen LogP contribution in [0.1, 0.15) is 26.7 Å². The van der Waals surface area contributed by atoms with E-state index in [0.29, 0.717) is 5.69 Å². The van der Waals surface area contributed by atoms with Gasteiger partial charge in [0.1, 0.15) is 10.3 Å². The lowest BCUT2D eigenvalue weighted by atomic mass is 10.0. The fourth-order valence-electron chi connectivity index (χ4n) is 3.08. The number of carbonyl (C=O) groups is 1. The molecule has 2 heterocycles. The zero-order valence-corrected chi connectivity index (χ0v) is 17.1. The number of thiophene rings is 1. The van der Waals surface area contributed by atoms with Gasteiger partial charge in [0, 0.05) is 24.5 Å². The van der Waals surface area contributed by atoms with Crippen molar-refractivity contribution in [2.45, 2.75) is 36.9 Å². The van der Waals surface area contributed by atoms with Crippen molar-refractivity contribution in [3.63, 3.8) is 0 Å². The summed E-state index contributed by atoms with van der Waals surface area (Å²) in [7, 11) is -3.72. The first-order valence-electron chi connectivity index (χ1n) is 9.08. The summed E-state index contributed by atoms with van der Waals surface area (Å²) in [5, 5.41) is 4.52. The first-order chi connectivity index (χ1) is 12.9. The number of hydrogen-bond donors (Lipinski definition) is 2. The van der Waals surface area contributed by atoms with Crippen molar-refractivity contribution in [3.05, 3.63) is 41.8 Å². The van der Waals surface area contributed by atoms with E-state index in [1.54, 1.807) is 11.4 Å². The molecule has 1 fully saturated rings. The lowest BCUT2D eigenvalue weighted by molar-refractivity contribution is -0.118. The Kier molecular flexibility index (Phi) is 6.18. The summed E-state index contributed by atoms with van der Waals surface area (Å²) in [5.41, 5.74) is 1.80. The van der Waals surface area contributed by atoms with E-state index in [4.69, 9.17) is 0 Å². The lowest BCUT2D eigenvalue weighted by Gasteiger charge is -2.22. The zero-order valence-electron chi connectivity index (χ0n) is 15.5. The Morgan fingerprint density at radius 3 is 2.33 bits per heavy atom. The molecule has 0 aliphatic carbocycles. The highest BCUT2D eigenvalue weighted by Crippen LogP contribution is 2.23. The van der Waals surface area contributed by atoms with E-state index in [9.17, 15) is 13.2 Å². The molecule has 6 nitrogen and oxygen atoms in total. The molecule has 0 bridgehead atoms. The molecule has 0 saturated carbocycles. The summed E-state index contributed by atoms with van der Waals surface area (Å²) in [6.07, 6.45) is 2.41. The maximum absolute atomic E-state index is 12.7. The van der Waals surface area contributed by atoms with Crippen LogP contribution in [0, 0.1) is 5.92 Å². The number of carbonyl (C=O) groups excluding carboxylic acids is 1. The normalized spacial score (nSPS) is 15.9. The highest BCUT2D eigenvalue weighted by molar-refractivity contribution is 7.91. The zero-order chi connectivity index (χ0) is 19.4. The van der Waals surface area contributed by atoms with Gasteiger partial charge in [-0.3, -0.25) is 4.79 Å². The van der Waals surface area contributed by atoms with Gasteiger partial charge in [-0.25, -0.2) is 8.42 Å². The molecule has 1 aliphatic rings. The van der Waals surface area contributed by atoms with Crippen molar-refractivity contribution in [1.82, 2.24) is 4.72 Å². The van der Waals surface area contributed by atoms with Crippen LogP contribution in [0.15, 0.2) is 46.0 Å². The Morgan fingerprint density at radius 2 is 1.78 bits per heavy atom. The molecule has 0 radical (unpaired) electrons. The third kappa shape index (κ3) is 4.88. The van der Waals surface area contributed by atoms with Gasteiger partial charge in [0.25, 0.3) is 10.0 Å². The van der Waals surface area contributed by atoms with Gasteiger partial charge in [-0.1, -0.05) is 19.9 Å². The summed E-state index contributed by atoms with van der Waals surface area (Å²) in [6.45, 7) is 5.76. The molecule has 2 aromatic rings. The number of sulfonamides is 1. The van der Waals surface area contributed by atoms with Crippen LogP contribution in [0.2, 0.25) is 0 Å². The Bertz CT molecular complexity index is 856. The number of anilines is 2. The SMILES string of the molecule is CC(C)[C@@H](NS(=O)(=O)c1cccs1)C(=O)Nc1ccc(N2CCCC2)cc1. The van der Waals surface area contributed by atoms with Crippen LogP contribution in [-0.2, 0) is 14.8 Å². The van der Waals surface area contributed by atoms with Crippen LogP contribution < -0.4 is 14.9 Å². The molecule has 1 aromatic heterocycles. The molecule has 0 spiro atoms. The Morgan fingerprint density at radius 1 is 1.11 bits per heavy atom. The summed E-state index contributed by atoms with van der Waals surface area (Å²) in [6, 6.07) is 10.0. The van der Waals surface area contributed by atoms with E-state index in [2.05, 4.69) is 14.9 Å². The van der Waals surface area contributed by atoms with Gasteiger partial charge in [0.15, 0.2) is 0 Å². The summed E-state index contributed by atoms with van der Waals surface area (Å²) < 4.78 is 27.7. The maximum Gasteiger partial charge on any atom is 0.250 e. The molecular weight excluding hydrogens is 382 g/mol. The minimum Gasteiger partial charge on any atom is -0.372 e. The van der Waals surface area contributed by atoms with Crippen LogP contribution in [-0.4, -0.2) is 33.5 Å². The minimum absolute atomic E-state index is 0.191. The minimum atomic E-state index is -3.72. The van der Waals surface area contributed by atoms with Crippen LogP contribution in [0.25, 0.3) is 0 Å². The second kappa shape index (κ2) is 8.41. The maximum atomic E-state index is 12.7. The molecule has 8 heteroatoms. The monoisotopic (exact) mass is 407 g/mol. The number of hydrogen-bond acceptors (Lipinski definition) is 5. The van der Waals surface area contributed by atoms with E-state index in [1.807, 2.05) is 38.1 Å². The van der Waals surface area contributed by atoms with Crippen molar-refractivity contribution < 1.29 is 13.2 Å². The Hall–Kier alpha value is -1.90. The smallest absolute Gasteiger partial charge is 0.250 e. The largest absolute Gasteiger partial charge is 0.372 e. The number of amides is 1. The highest BCUT2D eigenvalue weighted by Gasteiger charge is 2.29. The van der Waals surface area contributed by atoms with Crippen molar-refractivity contribution in [2.24, 2.45) is 5.92 Å². The molecule has 3 rings (SSSR count). The number of rotatable bonds is 7. The molecule has 1 aromatic carbocycles. The third-order valence-corrected chi connectivity index (χ3v) is 7.44. The third-order valence-electron chi connectivity index (χ3n) is 4.60. The van der Waals surface area contributed by atoms with Gasteiger partial charge < -0.3 is 10.2 Å². The van der Waals surface area contributed by atoms with E-state index in [0.717, 1.165) is 30.1 Å². The molecule has 1 saturated heterocycles. The average molecular weight is 408 g/mol. The summed E-state index contributed by atoms with van der Waals surface area (Å²) in [5.74, 6) is -0.553. The second-order valence-electron chi connectivity index (χ2n) is 7.01. The van der Waals surface area contributed by atoms with E-state index in [1.165, 1.54) is 18.9 Å². The van der Waals surface area contributed by atoms with Crippen LogP contribution >= 0.6 is 11.3 Å². The molecule has 2 N–H and O–H groups in total. The van der Waals surface area contributed by atoms with Gasteiger partial charge in [-0.2, -0.15) is 4.72 Å². The standard InChI is InChI=1S/C19H25N3O3S2/c1-14(2)18(21-27(24,25)17-6-5-13-26-17)19(23)20-15-7-9-16(10-8-15)22-11-3-4-12-22/h5-10,13-14,18,21H,3-4,11-12H2,1-2H3,(H,20,23)/t18-/m1/s1. The van der Waals surface area contributed by atoms with E-state index >= 15 is 0 Å². The van der Waals surface area contributed by atoms with Crippen molar-refractivity contribution in [2.75, 3.05) is 23.3 Å². The first kappa shape index (κ1) is 19.9. The second-order valence-corrected chi connectivity index (χ2v) is 9.89. The molecule has 1 amide bonds. The number of nitrogens with zero attached hydrogens (tertiary/aromatic N) is 1. The fraction of sp³-hybridized carbons (Fsp3) is 0.421. The van der Waals surface area contributed by atoms with Crippen molar-refractivity contribution in [1.29, 1.82) is 0 Å². The molecule has 0 unspecified atom stereocenters. The Labute approximate surface area is 164 Å². The van der Waals surface area contributed by atoms with Crippen LogP contribution in [0.5, 0.6) is 0 Å². The Balaban J connectivity index is 1.68. The molecule has 1 atom stereocenters. The molecule has 146 valence electrons. The number of benzene rings is 1. The lowest BCUT2D eigenvalue weighted by Crippen LogP contribution is -2.46. The topological polar surface area (TPSA) is 78.5 Å². The predicted octanol–water partition coefficient (Wildman–Crippen LogP) is 3.29. The van der Waals surface area contributed by atoms with E-state index in [-0.39, 0.29) is 16.0 Å². The van der Waals surface area contributed by atoms with Gasteiger partial charge in [-0.05, 0) is 54.5 Å². The van der Waals surface area contributed by atoms with Crippen molar-refractivity contribution >= 4 is 38.6 Å². The van der Waals surface area contributed by atoms with Gasteiger partial charge in [0.05, 0.1) is 0 Å². The quantitative estimate of drug-likeness (QED) is 0.738. The summed E-state index contributed by atoms with van der Waals surface area (Å²) in [4.78, 5) is 15.0. The number of nitrogens with one attached hydrogen (secondary N) is 2. The summed E-state index contributed by atoms with van der Waals surface area (Å²) >= 11 is 1.13. The highest BCUT2D eigenvalue weighted by atomic mass is 32.2. The van der Waals surface area contributed by atoms with Crippen molar-refractivity contribution in [3.8, 4) is 0 Å². The van der Waals surface area contributed by atoms with E-state index < -0.39 is 16.1 Å². The predicted molar refractivity (Wildman–Crippen MR) is 110 cm³/mol. The molecular formula is C19H25N3O3S2. The van der Waals surface area contributed by atoms with Crippen LogP contribution in [0.3, 0.4) is 0 Å². The van der Waals surface area contributed by atoms with Gasteiger partial charge in [-0.15, -0.1) is 11.3 Å². The first-order valence-corrected chi connectivity index (χ1v) is 11.4. The molecule has 27 heavy (non-hydrogen) atoms. The van der Waals surface area contributed by atoms with Crippen LogP contribution in [0.4, 0.5) is 11.4 Å². The average Bonchev–Trinajstić information content (AvgIpc) is 3.33.